The second kappa shape index (κ2) is 27.8. The average molecular weight is 948 g/mol. The number of aliphatic hydroxyl groups is 1. The summed E-state index contributed by atoms with van der Waals surface area (Å²) in [6, 6.07) is -4.80. The Balaban J connectivity index is 2.38. The first-order valence-corrected chi connectivity index (χ1v) is 22.2. The number of aliphatic imine (C=N–C) groups is 1. The van der Waals surface area contributed by atoms with Crippen LogP contribution in [-0.4, -0.2) is 147 Å². The van der Waals surface area contributed by atoms with Gasteiger partial charge in [0.1, 0.15) is 48.0 Å². The summed E-state index contributed by atoms with van der Waals surface area (Å²) in [7, 11) is 0. The van der Waals surface area contributed by atoms with Crippen LogP contribution in [0.3, 0.4) is 0 Å². The summed E-state index contributed by atoms with van der Waals surface area (Å²) in [5.74, 6) is -9.76. The highest BCUT2D eigenvalue weighted by Crippen LogP contribution is 2.14. The van der Waals surface area contributed by atoms with E-state index in [4.69, 9.17) is 11.5 Å². The van der Waals surface area contributed by atoms with Gasteiger partial charge in [-0.15, -0.1) is 0 Å². The zero-order valence-corrected chi connectivity index (χ0v) is 38.8. The van der Waals surface area contributed by atoms with Gasteiger partial charge >= 0.3 is 11.9 Å². The Hall–Kier alpha value is -6.56. The average Bonchev–Trinajstić information content (AvgIpc) is 3.79. The normalized spacial score (nSPS) is 16.9. The fourth-order valence-electron chi connectivity index (χ4n) is 6.89. The number of nitrogens with one attached hydrogen (secondary N) is 8. The summed E-state index contributed by atoms with van der Waals surface area (Å²) < 4.78 is 0. The Bertz CT molecular complexity index is 1900. The minimum Gasteiger partial charge on any atom is -0.508 e. The SMILES string of the molecule is CC(C)C[C@H](NC(=O)[C@H](CCC(=O)O)NC(=O)[C@@H](NC(=O)[C@@H](NC(=O)[C@H](Cc1ccc(O)cc1)NC(=O)[C@H](CCCN=C(N)N)NC(=O)[C@@H]1CCCN1)[C@@H](C)O)C(C)C)C(=O)N[C@@H](C)C(=O)O. The molecule has 2 rings (SSSR count). The van der Waals surface area contributed by atoms with Crippen LogP contribution in [0.25, 0.3) is 0 Å². The molecule has 24 heteroatoms. The van der Waals surface area contributed by atoms with Gasteiger partial charge in [0.05, 0.1) is 12.1 Å². The number of rotatable bonds is 28. The van der Waals surface area contributed by atoms with Gasteiger partial charge in [-0.25, -0.2) is 0 Å². The molecule has 0 bridgehead atoms. The molecule has 16 N–H and O–H groups in total. The fourth-order valence-corrected chi connectivity index (χ4v) is 6.89. The van der Waals surface area contributed by atoms with E-state index in [0.717, 1.165) is 6.42 Å². The van der Waals surface area contributed by atoms with Crippen molar-refractivity contribution in [2.75, 3.05) is 13.1 Å². The van der Waals surface area contributed by atoms with E-state index in [0.29, 0.717) is 18.5 Å². The topological polar surface area (TPSA) is 395 Å². The molecule has 0 radical (unpaired) electrons. The van der Waals surface area contributed by atoms with Crippen LogP contribution < -0.4 is 54.0 Å². The van der Waals surface area contributed by atoms with Gasteiger partial charge in [-0.2, -0.15) is 0 Å². The van der Waals surface area contributed by atoms with Crippen LogP contribution in [-0.2, 0) is 49.6 Å². The summed E-state index contributed by atoms with van der Waals surface area (Å²) >= 11 is 0. The third-order valence-corrected chi connectivity index (χ3v) is 10.6. The van der Waals surface area contributed by atoms with E-state index in [1.54, 1.807) is 13.8 Å². The second-order valence-electron chi connectivity index (χ2n) is 17.3. The minimum absolute atomic E-state index is 0.0517. The van der Waals surface area contributed by atoms with Gasteiger partial charge in [0.15, 0.2) is 5.96 Å². The predicted octanol–water partition coefficient (Wildman–Crippen LogP) is -2.81. The van der Waals surface area contributed by atoms with Crippen molar-refractivity contribution in [3.05, 3.63) is 29.8 Å². The van der Waals surface area contributed by atoms with E-state index < -0.39 is 126 Å². The van der Waals surface area contributed by atoms with E-state index in [-0.39, 0.29) is 49.9 Å². The number of amides is 7. The molecule has 1 aliphatic heterocycles. The maximum atomic E-state index is 14.1. The van der Waals surface area contributed by atoms with E-state index in [2.05, 4.69) is 47.5 Å². The van der Waals surface area contributed by atoms with Crippen molar-refractivity contribution in [2.24, 2.45) is 28.3 Å². The maximum Gasteiger partial charge on any atom is 0.325 e. The molecule has 1 aromatic carbocycles. The summed E-state index contributed by atoms with van der Waals surface area (Å²) in [6.45, 7) is 9.72. The number of nitrogens with zero attached hydrogens (tertiary/aromatic N) is 1. The monoisotopic (exact) mass is 948 g/mol. The molecule has 0 aromatic heterocycles. The smallest absolute Gasteiger partial charge is 0.325 e. The van der Waals surface area contributed by atoms with Crippen molar-refractivity contribution in [3.8, 4) is 5.75 Å². The molecule has 1 saturated heterocycles. The van der Waals surface area contributed by atoms with Gasteiger partial charge in [-0.1, -0.05) is 39.8 Å². The zero-order valence-electron chi connectivity index (χ0n) is 38.8. The Morgan fingerprint density at radius 1 is 0.701 bits per heavy atom. The van der Waals surface area contributed by atoms with Gasteiger partial charge < -0.3 is 74.4 Å². The summed E-state index contributed by atoms with van der Waals surface area (Å²) in [4.78, 5) is 122. The number of aliphatic carboxylic acids is 2. The highest BCUT2D eigenvalue weighted by Gasteiger charge is 2.37. The number of benzene rings is 1. The van der Waals surface area contributed by atoms with Gasteiger partial charge in [0, 0.05) is 19.4 Å². The number of hydrogen-bond donors (Lipinski definition) is 14. The summed E-state index contributed by atoms with van der Waals surface area (Å²) in [5.41, 5.74) is 11.3. The van der Waals surface area contributed by atoms with Crippen LogP contribution in [0.5, 0.6) is 5.75 Å². The largest absolute Gasteiger partial charge is 0.508 e. The van der Waals surface area contributed by atoms with Crippen LogP contribution >= 0.6 is 0 Å². The lowest BCUT2D eigenvalue weighted by Crippen LogP contribution is -2.62. The van der Waals surface area contributed by atoms with Gasteiger partial charge in [0.25, 0.3) is 0 Å². The van der Waals surface area contributed by atoms with Crippen LogP contribution in [0.1, 0.15) is 92.1 Å². The third-order valence-electron chi connectivity index (χ3n) is 10.6. The van der Waals surface area contributed by atoms with E-state index in [1.165, 1.54) is 52.0 Å². The molecule has 1 aliphatic rings. The van der Waals surface area contributed by atoms with Crippen molar-refractivity contribution in [2.45, 2.75) is 147 Å². The van der Waals surface area contributed by atoms with Crippen molar-refractivity contribution >= 4 is 59.2 Å². The Kier molecular flexibility index (Phi) is 23.5. The standard InChI is InChI=1S/C43H69N11O13/c1-21(2)19-30(38(62)48-23(5)42(66)67)51-37(61)29(15-16-32(57)58)50-40(64)33(22(3)4)53-41(65)34(24(6)55)54-39(63)31(20-25-11-13-26(56)14-12-25)52-36(60)28(10-8-18-47-43(44)45)49-35(59)27-9-7-17-46-27/h11-14,21-24,27-31,33-34,46,55-56H,7-10,15-20H2,1-6H3,(H,48,62)(H,49,59)(H,50,64)(H,51,61)(H,52,60)(H,53,65)(H,54,63)(H,57,58)(H,66,67)(H4,44,45,47)/t23-,24+,27-,28-,29-,30-,31-,33-,34-/m0/s1. The molecular weight excluding hydrogens is 879 g/mol. The molecule has 0 saturated carbocycles. The lowest BCUT2D eigenvalue weighted by Gasteiger charge is -2.30. The Morgan fingerprint density at radius 2 is 1.24 bits per heavy atom. The van der Waals surface area contributed by atoms with Gasteiger partial charge in [-0.05, 0) is 88.4 Å². The van der Waals surface area contributed by atoms with E-state index in [9.17, 15) is 63.6 Å². The van der Waals surface area contributed by atoms with E-state index >= 15 is 0 Å². The Morgan fingerprint density at radius 3 is 1.76 bits per heavy atom. The first kappa shape index (κ1) is 56.6. The number of aromatic hydroxyl groups is 1. The first-order valence-electron chi connectivity index (χ1n) is 22.2. The number of phenolic OH excluding ortho intramolecular Hbond substituents is 1. The molecule has 1 heterocycles. The number of aliphatic hydroxyl groups excluding tert-OH is 1. The maximum absolute atomic E-state index is 14.1. The minimum atomic E-state index is -1.75. The molecule has 1 fully saturated rings. The van der Waals surface area contributed by atoms with Crippen molar-refractivity contribution in [1.82, 2.24) is 42.5 Å². The number of guanidine groups is 1. The van der Waals surface area contributed by atoms with Crippen LogP contribution in [0.4, 0.5) is 0 Å². The summed E-state index contributed by atoms with van der Waals surface area (Å²) in [6.07, 6.45) is -1.20. The molecule has 374 valence electrons. The summed E-state index contributed by atoms with van der Waals surface area (Å²) in [5, 5.41) is 59.9. The molecule has 1 aromatic rings. The lowest BCUT2D eigenvalue weighted by molar-refractivity contribution is -0.142. The van der Waals surface area contributed by atoms with E-state index in [1.807, 2.05) is 0 Å². The van der Waals surface area contributed by atoms with Crippen molar-refractivity contribution in [3.63, 3.8) is 0 Å². The number of carboxylic acids is 2. The van der Waals surface area contributed by atoms with Crippen molar-refractivity contribution < 1.29 is 63.6 Å². The zero-order chi connectivity index (χ0) is 50.5. The molecular formula is C43H69N11O13. The number of carboxylic acid groups (broad SMARTS) is 2. The predicted molar refractivity (Wildman–Crippen MR) is 242 cm³/mol. The molecule has 24 nitrogen and oxygen atoms in total. The first-order chi connectivity index (χ1) is 31.4. The van der Waals surface area contributed by atoms with Crippen LogP contribution in [0.2, 0.25) is 0 Å². The molecule has 0 spiro atoms. The highest BCUT2D eigenvalue weighted by molar-refractivity contribution is 5.98. The molecule has 0 aliphatic carbocycles. The van der Waals surface area contributed by atoms with Gasteiger partial charge in [-0.3, -0.25) is 48.1 Å². The number of nitrogens with two attached hydrogens (primary N) is 2. The molecule has 7 amide bonds. The molecule has 0 unspecified atom stereocenters. The number of carbonyl (C=O) groups is 9. The molecule has 9 atom stereocenters. The third kappa shape index (κ3) is 20.2. The Labute approximate surface area is 389 Å². The number of phenols is 1. The fraction of sp³-hybridized carbons (Fsp3) is 0.628. The lowest BCUT2D eigenvalue weighted by atomic mass is 9.99. The van der Waals surface area contributed by atoms with Crippen LogP contribution in [0, 0.1) is 11.8 Å². The van der Waals surface area contributed by atoms with Crippen LogP contribution in [0.15, 0.2) is 29.3 Å². The quantitative estimate of drug-likeness (QED) is 0.0229. The number of carbonyl (C=O) groups excluding carboxylic acids is 7. The second-order valence-corrected chi connectivity index (χ2v) is 17.3. The van der Waals surface area contributed by atoms with Crippen molar-refractivity contribution in [1.29, 1.82) is 0 Å². The molecule has 67 heavy (non-hydrogen) atoms. The van der Waals surface area contributed by atoms with Gasteiger partial charge in [0.2, 0.25) is 41.4 Å². The number of hydrogen-bond acceptors (Lipinski definition) is 13. The highest BCUT2D eigenvalue weighted by atomic mass is 16.4.